The minimum absolute atomic E-state index is 0.104. The molecule has 1 aromatic carbocycles. The third-order valence-electron chi connectivity index (χ3n) is 3.74. The summed E-state index contributed by atoms with van der Waals surface area (Å²) in [6.45, 7) is 0.424. The number of thioether (sulfide) groups is 1. The van der Waals surface area contributed by atoms with Crippen molar-refractivity contribution in [1.29, 1.82) is 0 Å². The molecule has 27 heavy (non-hydrogen) atoms. The number of rotatable bonds is 9. The number of anilines is 1. The van der Waals surface area contributed by atoms with E-state index in [1.165, 1.54) is 11.8 Å². The number of carbonyl (C=O) groups is 1. The Morgan fingerprint density at radius 2 is 2.00 bits per heavy atom. The fourth-order valence-corrected chi connectivity index (χ4v) is 3.79. The number of aromatic nitrogens is 3. The summed E-state index contributed by atoms with van der Waals surface area (Å²) < 4.78 is 12.6. The van der Waals surface area contributed by atoms with Crippen molar-refractivity contribution in [2.75, 3.05) is 25.3 Å². The van der Waals surface area contributed by atoms with Gasteiger partial charge in [-0.05, 0) is 23.6 Å². The Hall–Kier alpha value is -2.20. The Labute approximate surface area is 165 Å². The van der Waals surface area contributed by atoms with Gasteiger partial charge in [0, 0.05) is 30.9 Å². The lowest BCUT2D eigenvalue weighted by atomic mass is 10.3. The number of carbonyl (C=O) groups excluding carboxylic acids is 1. The zero-order chi connectivity index (χ0) is 19.1. The number of ether oxygens (including phenoxy) is 2. The average molecular weight is 405 g/mol. The second-order valence-corrected chi connectivity index (χ2v) is 7.26. The molecule has 0 radical (unpaired) electrons. The topological polar surface area (TPSA) is 78.3 Å². The highest BCUT2D eigenvalue weighted by Gasteiger charge is 2.19. The third kappa shape index (κ3) is 5.16. The Morgan fingerprint density at radius 3 is 2.67 bits per heavy atom. The van der Waals surface area contributed by atoms with Crippen LogP contribution in [-0.2, 0) is 20.8 Å². The molecule has 0 unspecified atom stereocenters. The number of hydrogen-bond acceptors (Lipinski definition) is 7. The van der Waals surface area contributed by atoms with Crippen molar-refractivity contribution in [3.05, 3.63) is 47.2 Å². The normalized spacial score (nSPS) is 11.1. The number of methoxy groups -OCH3 is 2. The van der Waals surface area contributed by atoms with Crippen LogP contribution in [0.2, 0.25) is 0 Å². The first-order valence-electron chi connectivity index (χ1n) is 8.20. The van der Waals surface area contributed by atoms with Crippen LogP contribution in [0.4, 0.5) is 5.69 Å². The molecule has 142 valence electrons. The zero-order valence-corrected chi connectivity index (χ0v) is 16.6. The molecule has 9 heteroatoms. The number of para-hydroxylation sites is 1. The summed E-state index contributed by atoms with van der Waals surface area (Å²) in [5.74, 6) is 0.843. The average Bonchev–Trinajstić information content (AvgIpc) is 3.35. The fourth-order valence-electron chi connectivity index (χ4n) is 2.41. The lowest BCUT2D eigenvalue weighted by molar-refractivity contribution is -0.113. The minimum Gasteiger partial charge on any atom is -0.354 e. The molecule has 2 aromatic heterocycles. The molecule has 0 bridgehead atoms. The van der Waals surface area contributed by atoms with E-state index in [1.54, 1.807) is 25.6 Å². The third-order valence-corrected chi connectivity index (χ3v) is 5.39. The SMILES string of the molecule is COC(Cn1c(SCC(=O)Nc2ccccc2)nnc1-c1ccsc1)OC. The minimum atomic E-state index is -0.434. The Bertz CT molecular complexity index is 849. The van der Waals surface area contributed by atoms with Gasteiger partial charge >= 0.3 is 0 Å². The number of nitrogens with zero attached hydrogens (tertiary/aromatic N) is 3. The molecule has 0 aliphatic rings. The highest BCUT2D eigenvalue weighted by atomic mass is 32.2. The Balaban J connectivity index is 1.73. The summed E-state index contributed by atoms with van der Waals surface area (Å²) in [5.41, 5.74) is 1.74. The predicted octanol–water partition coefficient (Wildman–Crippen LogP) is 3.36. The van der Waals surface area contributed by atoms with Gasteiger partial charge < -0.3 is 14.8 Å². The van der Waals surface area contributed by atoms with Crippen LogP contribution in [0.3, 0.4) is 0 Å². The maximum atomic E-state index is 12.2. The van der Waals surface area contributed by atoms with Gasteiger partial charge in [0.15, 0.2) is 17.3 Å². The van der Waals surface area contributed by atoms with Gasteiger partial charge in [0.25, 0.3) is 0 Å². The second-order valence-electron chi connectivity index (χ2n) is 5.53. The molecule has 1 amide bonds. The van der Waals surface area contributed by atoms with Gasteiger partial charge in [0.05, 0.1) is 12.3 Å². The molecular weight excluding hydrogens is 384 g/mol. The lowest BCUT2D eigenvalue weighted by Gasteiger charge is -2.16. The summed E-state index contributed by atoms with van der Waals surface area (Å²) in [6.07, 6.45) is -0.434. The summed E-state index contributed by atoms with van der Waals surface area (Å²) >= 11 is 2.91. The van der Waals surface area contributed by atoms with Gasteiger partial charge in [0.2, 0.25) is 5.91 Å². The number of thiophene rings is 1. The van der Waals surface area contributed by atoms with Crippen molar-refractivity contribution in [3.63, 3.8) is 0 Å². The Morgan fingerprint density at radius 1 is 1.22 bits per heavy atom. The van der Waals surface area contributed by atoms with Crippen LogP contribution in [0.15, 0.2) is 52.3 Å². The highest BCUT2D eigenvalue weighted by molar-refractivity contribution is 7.99. The molecule has 0 saturated carbocycles. The number of amides is 1. The monoisotopic (exact) mass is 404 g/mol. The molecule has 0 saturated heterocycles. The summed E-state index contributed by atoms with van der Waals surface area (Å²) in [5, 5.41) is 16.1. The molecule has 0 atom stereocenters. The van der Waals surface area contributed by atoms with Gasteiger partial charge in [-0.15, -0.1) is 10.2 Å². The van der Waals surface area contributed by atoms with Crippen molar-refractivity contribution >= 4 is 34.7 Å². The van der Waals surface area contributed by atoms with Crippen molar-refractivity contribution < 1.29 is 14.3 Å². The first-order valence-corrected chi connectivity index (χ1v) is 10.1. The summed E-state index contributed by atoms with van der Waals surface area (Å²) in [7, 11) is 3.17. The standard InChI is InChI=1S/C18H20N4O3S2/c1-24-16(25-2)10-22-17(13-8-9-26-11-13)20-21-18(22)27-12-15(23)19-14-6-4-3-5-7-14/h3-9,11,16H,10,12H2,1-2H3,(H,19,23). The van der Waals surface area contributed by atoms with Crippen LogP contribution < -0.4 is 5.32 Å². The van der Waals surface area contributed by atoms with E-state index in [0.29, 0.717) is 11.7 Å². The Kier molecular flexibility index (Phi) is 6.99. The molecule has 3 aromatic rings. The van der Waals surface area contributed by atoms with Crippen LogP contribution in [-0.4, -0.2) is 46.9 Å². The van der Waals surface area contributed by atoms with E-state index >= 15 is 0 Å². The lowest BCUT2D eigenvalue weighted by Crippen LogP contribution is -2.22. The van der Waals surface area contributed by atoms with Crippen LogP contribution in [0, 0.1) is 0 Å². The largest absolute Gasteiger partial charge is 0.354 e. The maximum absolute atomic E-state index is 12.2. The van der Waals surface area contributed by atoms with Crippen molar-refractivity contribution in [2.24, 2.45) is 0 Å². The zero-order valence-electron chi connectivity index (χ0n) is 15.0. The van der Waals surface area contributed by atoms with Crippen LogP contribution in [0.5, 0.6) is 0 Å². The number of nitrogens with one attached hydrogen (secondary N) is 1. The van der Waals surface area contributed by atoms with Crippen LogP contribution in [0.1, 0.15) is 0 Å². The van der Waals surface area contributed by atoms with E-state index in [0.717, 1.165) is 17.1 Å². The van der Waals surface area contributed by atoms with Crippen molar-refractivity contribution in [2.45, 2.75) is 18.0 Å². The molecule has 3 rings (SSSR count). The first kappa shape index (κ1) is 19.6. The van der Waals surface area contributed by atoms with Crippen LogP contribution >= 0.6 is 23.1 Å². The van der Waals surface area contributed by atoms with Gasteiger partial charge in [0.1, 0.15) is 0 Å². The maximum Gasteiger partial charge on any atom is 0.234 e. The summed E-state index contributed by atoms with van der Waals surface area (Å²) in [6, 6.07) is 11.3. The predicted molar refractivity (Wildman–Crippen MR) is 107 cm³/mol. The van der Waals surface area contributed by atoms with Gasteiger partial charge in [-0.1, -0.05) is 30.0 Å². The molecule has 0 fully saturated rings. The molecule has 0 aliphatic heterocycles. The quantitative estimate of drug-likeness (QED) is 0.435. The van der Waals surface area contributed by atoms with E-state index in [-0.39, 0.29) is 11.7 Å². The van der Waals surface area contributed by atoms with Crippen LogP contribution in [0.25, 0.3) is 11.4 Å². The van der Waals surface area contributed by atoms with E-state index in [1.807, 2.05) is 51.7 Å². The van der Waals surface area contributed by atoms with Gasteiger partial charge in [-0.2, -0.15) is 11.3 Å². The molecular formula is C18H20N4O3S2. The van der Waals surface area contributed by atoms with Crippen molar-refractivity contribution in [1.82, 2.24) is 14.8 Å². The van der Waals surface area contributed by atoms with E-state index < -0.39 is 6.29 Å². The molecule has 7 nitrogen and oxygen atoms in total. The van der Waals surface area contributed by atoms with E-state index in [9.17, 15) is 4.79 Å². The molecule has 1 N–H and O–H groups in total. The second kappa shape index (κ2) is 9.65. The molecule has 0 spiro atoms. The smallest absolute Gasteiger partial charge is 0.234 e. The molecule has 2 heterocycles. The fraction of sp³-hybridized carbons (Fsp3) is 0.278. The number of hydrogen-bond donors (Lipinski definition) is 1. The van der Waals surface area contributed by atoms with Crippen molar-refractivity contribution in [3.8, 4) is 11.4 Å². The van der Waals surface area contributed by atoms with E-state index in [2.05, 4.69) is 15.5 Å². The molecule has 0 aliphatic carbocycles. The van der Waals surface area contributed by atoms with Gasteiger partial charge in [-0.25, -0.2) is 0 Å². The highest BCUT2D eigenvalue weighted by Crippen LogP contribution is 2.26. The summed E-state index contributed by atoms with van der Waals surface area (Å²) in [4.78, 5) is 12.2. The first-order chi connectivity index (χ1) is 13.2. The number of benzene rings is 1. The van der Waals surface area contributed by atoms with Gasteiger partial charge in [-0.3, -0.25) is 9.36 Å². The van der Waals surface area contributed by atoms with E-state index in [4.69, 9.17) is 9.47 Å².